The summed E-state index contributed by atoms with van der Waals surface area (Å²) in [4.78, 5) is 12.8. The number of allylic oxidation sites excluding steroid dienone is 1. The Morgan fingerprint density at radius 3 is 2.62 bits per heavy atom. The molecule has 0 saturated heterocycles. The number of hydrogen-bond donors (Lipinski definition) is 1. The molecule has 1 N–H and O–H groups in total. The van der Waals surface area contributed by atoms with Crippen molar-refractivity contribution < 1.29 is 17.6 Å². The lowest BCUT2D eigenvalue weighted by Crippen LogP contribution is -2.38. The highest BCUT2D eigenvalue weighted by Gasteiger charge is 2.41. The molecule has 0 amide bonds. The first-order valence-electron chi connectivity index (χ1n) is 8.79. The largest absolute Gasteiger partial charge is 0.360 e. The van der Waals surface area contributed by atoms with E-state index in [4.69, 9.17) is 0 Å². The van der Waals surface area contributed by atoms with Gasteiger partial charge in [-0.1, -0.05) is 35.9 Å². The topological polar surface area (TPSA) is 66.5 Å². The average molecular weight is 429 g/mol. The van der Waals surface area contributed by atoms with Crippen molar-refractivity contribution in [2.45, 2.75) is 13.5 Å². The molecule has 29 heavy (non-hydrogen) atoms. The van der Waals surface area contributed by atoms with Crippen LogP contribution in [0.2, 0.25) is 0 Å². The number of Topliss-reactive ketones (excluding diaryl/α,β-unsaturated/α-hetero) is 1. The van der Waals surface area contributed by atoms with Crippen LogP contribution in [-0.4, -0.2) is 14.2 Å². The molecule has 4 rings (SSSR count). The quantitative estimate of drug-likeness (QED) is 0.613. The highest BCUT2D eigenvalue weighted by atomic mass is 32.2. The molecule has 0 bridgehead atoms. The molecular weight excluding hydrogens is 411 g/mol. The van der Waals surface area contributed by atoms with Crippen LogP contribution in [0, 0.1) is 12.7 Å². The number of anilines is 2. The number of carbonyl (C=O) groups excluding carboxylic acids is 1. The second-order valence-corrected chi connectivity index (χ2v) is 9.37. The van der Waals surface area contributed by atoms with Gasteiger partial charge >= 0.3 is 0 Å². The Morgan fingerprint density at radius 2 is 1.90 bits per heavy atom. The van der Waals surface area contributed by atoms with E-state index in [1.54, 1.807) is 17.5 Å². The fourth-order valence-corrected chi connectivity index (χ4v) is 5.53. The highest BCUT2D eigenvalue weighted by Crippen LogP contribution is 2.39. The molecule has 3 aromatic rings. The van der Waals surface area contributed by atoms with Crippen LogP contribution >= 0.6 is 11.3 Å². The molecule has 0 fully saturated rings. The number of nitrogens with zero attached hydrogens (tertiary/aromatic N) is 1. The maximum Gasteiger partial charge on any atom is 0.270 e. The van der Waals surface area contributed by atoms with E-state index < -0.39 is 21.6 Å². The average Bonchev–Trinajstić information content (AvgIpc) is 3.16. The first-order valence-corrected chi connectivity index (χ1v) is 11.1. The van der Waals surface area contributed by atoms with E-state index in [9.17, 15) is 17.6 Å². The van der Waals surface area contributed by atoms with Gasteiger partial charge in [-0.3, -0.25) is 9.10 Å². The van der Waals surface area contributed by atoms with Gasteiger partial charge < -0.3 is 5.32 Å². The summed E-state index contributed by atoms with van der Waals surface area (Å²) < 4.78 is 41.2. The first kappa shape index (κ1) is 19.4. The molecule has 0 unspecified atom stereocenters. The second-order valence-electron chi connectivity index (χ2n) is 6.62. The van der Waals surface area contributed by atoms with Gasteiger partial charge in [-0.15, -0.1) is 11.3 Å². The summed E-state index contributed by atoms with van der Waals surface area (Å²) in [7, 11) is -4.09. The zero-order chi connectivity index (χ0) is 20.6. The minimum atomic E-state index is -4.09. The maximum absolute atomic E-state index is 13.4. The third-order valence-corrected chi connectivity index (χ3v) is 7.22. The fraction of sp³-hybridized carbons (Fsp3) is 0.0952. The second kappa shape index (κ2) is 7.46. The summed E-state index contributed by atoms with van der Waals surface area (Å²) in [6, 6.07) is 14.8. The van der Waals surface area contributed by atoms with Gasteiger partial charge in [-0.2, -0.15) is 0 Å². The van der Waals surface area contributed by atoms with Gasteiger partial charge in [-0.05, 0) is 42.1 Å². The third-order valence-electron chi connectivity index (χ3n) is 4.55. The number of fused-ring (bicyclic) bond motifs is 1. The number of ketones is 1. The van der Waals surface area contributed by atoms with Gasteiger partial charge in [0.2, 0.25) is 5.78 Å². The van der Waals surface area contributed by atoms with Crippen LogP contribution in [0.1, 0.15) is 20.8 Å². The predicted molar refractivity (Wildman–Crippen MR) is 113 cm³/mol. The number of rotatable bonds is 4. The summed E-state index contributed by atoms with van der Waals surface area (Å²) in [5, 5.41) is 4.43. The first-order chi connectivity index (χ1) is 13.9. The summed E-state index contributed by atoms with van der Waals surface area (Å²) in [5.41, 5.74) is 2.61. The van der Waals surface area contributed by atoms with Crippen molar-refractivity contribution in [3.05, 3.63) is 92.9 Å². The molecule has 2 heterocycles. The van der Waals surface area contributed by atoms with Gasteiger partial charge in [-0.25, -0.2) is 12.8 Å². The molecular formula is C21H17FN2O3S2. The van der Waals surface area contributed by atoms with Gasteiger partial charge in [0.05, 0.1) is 12.2 Å². The molecule has 0 saturated carbocycles. The van der Waals surface area contributed by atoms with Crippen LogP contribution in [0.15, 0.2) is 71.1 Å². The fourth-order valence-electron chi connectivity index (χ4n) is 3.04. The Morgan fingerprint density at radius 1 is 1.14 bits per heavy atom. The van der Waals surface area contributed by atoms with E-state index in [-0.39, 0.29) is 11.4 Å². The zero-order valence-electron chi connectivity index (χ0n) is 15.4. The van der Waals surface area contributed by atoms with E-state index in [0.717, 1.165) is 17.3 Å². The summed E-state index contributed by atoms with van der Waals surface area (Å²) in [6.07, 6.45) is 1.14. The van der Waals surface area contributed by atoms with Gasteiger partial charge in [0.25, 0.3) is 10.0 Å². The summed E-state index contributed by atoms with van der Waals surface area (Å²) in [5.74, 6) is -1.04. The van der Waals surface area contributed by atoms with Crippen molar-refractivity contribution in [1.82, 2.24) is 0 Å². The molecule has 1 aromatic heterocycles. The van der Waals surface area contributed by atoms with Crippen molar-refractivity contribution in [2.24, 2.45) is 0 Å². The van der Waals surface area contributed by atoms with Gasteiger partial charge in [0.15, 0.2) is 4.91 Å². The highest BCUT2D eigenvalue weighted by molar-refractivity contribution is 7.97. The standard InChI is InChI=1S/C21H17FN2O3S2/c1-14-5-7-15(8-6-14)13-24-18-9-10-28-21(18)20(25)19(29(24,26)27)12-23-17-4-2-3-16(22)11-17/h2-12,23H,13H2,1H3. The van der Waals surface area contributed by atoms with Crippen LogP contribution in [-0.2, 0) is 16.6 Å². The molecule has 0 radical (unpaired) electrons. The van der Waals surface area contributed by atoms with Crippen LogP contribution < -0.4 is 9.62 Å². The maximum atomic E-state index is 13.4. The molecule has 5 nitrogen and oxygen atoms in total. The monoisotopic (exact) mass is 428 g/mol. The minimum absolute atomic E-state index is 0.108. The van der Waals surface area contributed by atoms with Crippen molar-refractivity contribution >= 4 is 38.5 Å². The van der Waals surface area contributed by atoms with Crippen molar-refractivity contribution in [3.63, 3.8) is 0 Å². The normalized spacial score (nSPS) is 16.7. The Bertz CT molecular complexity index is 1210. The van der Waals surface area contributed by atoms with Crippen molar-refractivity contribution in [1.29, 1.82) is 0 Å². The molecule has 8 heteroatoms. The Kier molecular flexibility index (Phi) is 4.97. The number of benzene rings is 2. The van der Waals surface area contributed by atoms with E-state index in [0.29, 0.717) is 16.3 Å². The number of sulfonamides is 1. The van der Waals surface area contributed by atoms with Crippen molar-refractivity contribution in [2.75, 3.05) is 9.62 Å². The summed E-state index contributed by atoms with van der Waals surface area (Å²) in [6.45, 7) is 2.06. The number of aryl methyl sites for hydroxylation is 1. The minimum Gasteiger partial charge on any atom is -0.360 e. The molecule has 148 valence electrons. The number of nitrogens with one attached hydrogen (secondary N) is 1. The van der Waals surface area contributed by atoms with E-state index in [2.05, 4.69) is 5.32 Å². The smallest absolute Gasteiger partial charge is 0.270 e. The SMILES string of the molecule is Cc1ccc(CN2c3ccsc3C(=O)C(=CNc3cccc(F)c3)S2(=O)=O)cc1. The lowest BCUT2D eigenvalue weighted by atomic mass is 10.1. The molecule has 0 aliphatic carbocycles. The number of carbonyl (C=O) groups is 1. The lowest BCUT2D eigenvalue weighted by Gasteiger charge is -2.29. The zero-order valence-corrected chi connectivity index (χ0v) is 17.1. The third kappa shape index (κ3) is 3.68. The van der Waals surface area contributed by atoms with Gasteiger partial charge in [0, 0.05) is 11.9 Å². The molecule has 0 atom stereocenters. The van der Waals surface area contributed by atoms with Crippen LogP contribution in [0.4, 0.5) is 15.8 Å². The lowest BCUT2D eigenvalue weighted by molar-refractivity contribution is 0.104. The molecule has 2 aromatic carbocycles. The van der Waals surface area contributed by atoms with E-state index >= 15 is 0 Å². The van der Waals surface area contributed by atoms with Gasteiger partial charge in [0.1, 0.15) is 10.7 Å². The van der Waals surface area contributed by atoms with E-state index in [1.807, 2.05) is 31.2 Å². The Hall–Kier alpha value is -2.97. The van der Waals surface area contributed by atoms with Crippen LogP contribution in [0.3, 0.4) is 0 Å². The predicted octanol–water partition coefficient (Wildman–Crippen LogP) is 4.68. The van der Waals surface area contributed by atoms with Crippen molar-refractivity contribution in [3.8, 4) is 0 Å². The number of thiophene rings is 1. The Labute approximate surface area is 172 Å². The Balaban J connectivity index is 1.74. The van der Waals surface area contributed by atoms with Crippen LogP contribution in [0.5, 0.6) is 0 Å². The molecule has 1 aliphatic rings. The van der Waals surface area contributed by atoms with Crippen LogP contribution in [0.25, 0.3) is 0 Å². The number of hydrogen-bond acceptors (Lipinski definition) is 5. The molecule has 0 spiro atoms. The summed E-state index contributed by atoms with van der Waals surface area (Å²) >= 11 is 1.19. The molecule has 1 aliphatic heterocycles. The number of halogens is 1. The van der Waals surface area contributed by atoms with E-state index in [1.165, 1.54) is 33.8 Å².